The normalized spacial score (nSPS) is 11.4. The van der Waals surface area contributed by atoms with Crippen LogP contribution in [0.25, 0.3) is 0 Å². The third kappa shape index (κ3) is 3.13. The zero-order valence-corrected chi connectivity index (χ0v) is 9.84. The van der Waals surface area contributed by atoms with Crippen LogP contribution in [-0.2, 0) is 0 Å². The standard InChI is InChI=1S/C10H8N6O4/c17-7-5(1-11-9(19)15-7)3-13-14-4-6-2-12-10(20)16-8(6)18/h1-4H,(H2,11,15,17,19)(H2,12,16,18,20)/b13-3-,14-4-. The van der Waals surface area contributed by atoms with Crippen molar-refractivity contribution >= 4 is 12.4 Å². The van der Waals surface area contributed by atoms with Crippen molar-refractivity contribution < 1.29 is 0 Å². The lowest BCUT2D eigenvalue weighted by Crippen LogP contribution is -2.24. The molecule has 0 saturated heterocycles. The van der Waals surface area contributed by atoms with Crippen molar-refractivity contribution in [3.8, 4) is 0 Å². The van der Waals surface area contributed by atoms with E-state index in [1.54, 1.807) is 0 Å². The van der Waals surface area contributed by atoms with Crippen molar-refractivity contribution in [3.05, 3.63) is 65.2 Å². The predicted molar refractivity (Wildman–Crippen MR) is 70.6 cm³/mol. The maximum Gasteiger partial charge on any atom is 0.325 e. The summed E-state index contributed by atoms with van der Waals surface area (Å²) in [6, 6.07) is 0. The molecule has 0 aromatic carbocycles. The SMILES string of the molecule is O=c1[nH]cc(/C=N\N=C/c2c[nH]c(=O)[nH]c2=O)c(=O)[nH]1. The molecule has 0 bridgehead atoms. The molecule has 0 saturated carbocycles. The van der Waals surface area contributed by atoms with Crippen LogP contribution in [0.15, 0.2) is 41.8 Å². The Bertz CT molecular complexity index is 821. The van der Waals surface area contributed by atoms with Gasteiger partial charge in [0.25, 0.3) is 11.1 Å². The van der Waals surface area contributed by atoms with Gasteiger partial charge in [0, 0.05) is 12.4 Å². The molecule has 0 radical (unpaired) electrons. The average molecular weight is 276 g/mol. The average Bonchev–Trinajstić information content (AvgIpc) is 2.39. The highest BCUT2D eigenvalue weighted by Crippen LogP contribution is 1.82. The maximum absolute atomic E-state index is 11.3. The van der Waals surface area contributed by atoms with Crippen molar-refractivity contribution in [2.75, 3.05) is 0 Å². The van der Waals surface area contributed by atoms with E-state index in [2.05, 4.69) is 20.2 Å². The van der Waals surface area contributed by atoms with Crippen LogP contribution in [-0.4, -0.2) is 32.4 Å². The Balaban J connectivity index is 2.19. The van der Waals surface area contributed by atoms with Crippen LogP contribution in [0.1, 0.15) is 11.1 Å². The van der Waals surface area contributed by atoms with Crippen molar-refractivity contribution in [2.45, 2.75) is 0 Å². The van der Waals surface area contributed by atoms with Gasteiger partial charge in [-0.15, -0.1) is 0 Å². The molecule has 2 aromatic heterocycles. The lowest BCUT2D eigenvalue weighted by atomic mass is 10.4. The summed E-state index contributed by atoms with van der Waals surface area (Å²) in [4.78, 5) is 52.7. The molecular formula is C10H8N6O4. The van der Waals surface area contributed by atoms with Gasteiger partial charge in [0.1, 0.15) is 0 Å². The number of hydrogen-bond donors (Lipinski definition) is 4. The van der Waals surface area contributed by atoms with Crippen molar-refractivity contribution in [3.63, 3.8) is 0 Å². The number of nitrogens with zero attached hydrogens (tertiary/aromatic N) is 2. The molecule has 2 rings (SSSR count). The van der Waals surface area contributed by atoms with E-state index in [1.165, 1.54) is 12.4 Å². The monoisotopic (exact) mass is 276 g/mol. The van der Waals surface area contributed by atoms with Gasteiger partial charge in [0.05, 0.1) is 23.6 Å². The van der Waals surface area contributed by atoms with Crippen LogP contribution >= 0.6 is 0 Å². The Hall–Kier alpha value is -3.30. The molecule has 0 spiro atoms. The molecule has 0 atom stereocenters. The molecule has 0 aliphatic carbocycles. The number of aromatic amines is 4. The molecule has 0 aliphatic rings. The molecule has 0 amide bonds. The zero-order chi connectivity index (χ0) is 14.5. The fourth-order valence-corrected chi connectivity index (χ4v) is 1.22. The Morgan fingerprint density at radius 3 is 1.50 bits per heavy atom. The topological polar surface area (TPSA) is 156 Å². The first-order chi connectivity index (χ1) is 9.56. The third-order valence-electron chi connectivity index (χ3n) is 2.16. The Morgan fingerprint density at radius 2 is 1.15 bits per heavy atom. The molecule has 2 heterocycles. The quantitative estimate of drug-likeness (QED) is 0.374. The molecule has 10 nitrogen and oxygen atoms in total. The minimum atomic E-state index is -0.629. The number of H-pyrrole nitrogens is 4. The van der Waals surface area contributed by atoms with E-state index in [-0.39, 0.29) is 11.1 Å². The highest BCUT2D eigenvalue weighted by atomic mass is 16.2. The summed E-state index contributed by atoms with van der Waals surface area (Å²) >= 11 is 0. The van der Waals surface area contributed by atoms with Crippen LogP contribution < -0.4 is 22.5 Å². The minimum absolute atomic E-state index is 0.0946. The number of aromatic nitrogens is 4. The molecule has 4 N–H and O–H groups in total. The Morgan fingerprint density at radius 1 is 0.750 bits per heavy atom. The van der Waals surface area contributed by atoms with Gasteiger partial charge >= 0.3 is 11.4 Å². The Labute approximate surface area is 109 Å². The summed E-state index contributed by atoms with van der Waals surface area (Å²) in [5, 5.41) is 7.10. The first kappa shape index (κ1) is 13.1. The van der Waals surface area contributed by atoms with Gasteiger partial charge in [0.2, 0.25) is 0 Å². The third-order valence-corrected chi connectivity index (χ3v) is 2.16. The molecular weight excluding hydrogens is 268 g/mol. The Kier molecular flexibility index (Phi) is 3.65. The van der Waals surface area contributed by atoms with Crippen molar-refractivity contribution in [1.82, 2.24) is 19.9 Å². The molecule has 0 unspecified atom stereocenters. The first-order valence-corrected chi connectivity index (χ1v) is 5.26. The predicted octanol–water partition coefficient (Wildman–Crippen LogP) is -2.11. The van der Waals surface area contributed by atoms with E-state index < -0.39 is 22.5 Å². The maximum atomic E-state index is 11.3. The van der Waals surface area contributed by atoms with Gasteiger partial charge in [-0.1, -0.05) is 0 Å². The minimum Gasteiger partial charge on any atom is -0.313 e. The second-order valence-corrected chi connectivity index (χ2v) is 3.54. The number of hydrogen-bond acceptors (Lipinski definition) is 6. The highest BCUT2D eigenvalue weighted by molar-refractivity contribution is 5.81. The largest absolute Gasteiger partial charge is 0.325 e. The second kappa shape index (κ2) is 5.56. The van der Waals surface area contributed by atoms with Gasteiger partial charge < -0.3 is 9.97 Å². The van der Waals surface area contributed by atoms with E-state index in [1.807, 2.05) is 9.97 Å². The lowest BCUT2D eigenvalue weighted by Gasteiger charge is -1.89. The fraction of sp³-hybridized carbons (Fsp3) is 0. The van der Waals surface area contributed by atoms with Crippen LogP contribution in [0.5, 0.6) is 0 Å². The summed E-state index contributed by atoms with van der Waals surface area (Å²) in [6.45, 7) is 0. The summed E-state index contributed by atoms with van der Waals surface area (Å²) < 4.78 is 0. The van der Waals surface area contributed by atoms with Crippen molar-refractivity contribution in [1.29, 1.82) is 0 Å². The van der Waals surface area contributed by atoms with Gasteiger partial charge in [-0.05, 0) is 0 Å². The summed E-state index contributed by atoms with van der Waals surface area (Å²) in [7, 11) is 0. The molecule has 20 heavy (non-hydrogen) atoms. The molecule has 0 fully saturated rings. The second-order valence-electron chi connectivity index (χ2n) is 3.54. The van der Waals surface area contributed by atoms with Gasteiger partial charge in [-0.2, -0.15) is 10.2 Å². The van der Waals surface area contributed by atoms with E-state index in [0.717, 1.165) is 12.4 Å². The van der Waals surface area contributed by atoms with E-state index >= 15 is 0 Å². The van der Waals surface area contributed by atoms with Crippen LogP contribution in [0.4, 0.5) is 0 Å². The lowest BCUT2D eigenvalue weighted by molar-refractivity contribution is 1.03. The first-order valence-electron chi connectivity index (χ1n) is 5.26. The van der Waals surface area contributed by atoms with Crippen LogP contribution in [0.3, 0.4) is 0 Å². The van der Waals surface area contributed by atoms with Crippen molar-refractivity contribution in [2.24, 2.45) is 10.2 Å². The molecule has 102 valence electrons. The van der Waals surface area contributed by atoms with E-state index in [4.69, 9.17) is 0 Å². The zero-order valence-electron chi connectivity index (χ0n) is 9.84. The smallest absolute Gasteiger partial charge is 0.313 e. The van der Waals surface area contributed by atoms with Gasteiger partial charge in [-0.3, -0.25) is 19.6 Å². The molecule has 0 aliphatic heterocycles. The summed E-state index contributed by atoms with van der Waals surface area (Å²) in [5.74, 6) is 0. The molecule has 10 heteroatoms. The van der Waals surface area contributed by atoms with Crippen LogP contribution in [0.2, 0.25) is 0 Å². The van der Waals surface area contributed by atoms with E-state index in [0.29, 0.717) is 0 Å². The van der Waals surface area contributed by atoms with Gasteiger partial charge in [-0.25, -0.2) is 9.59 Å². The van der Waals surface area contributed by atoms with E-state index in [9.17, 15) is 19.2 Å². The summed E-state index contributed by atoms with van der Waals surface area (Å²) in [6.07, 6.45) is 4.55. The number of nitrogens with one attached hydrogen (secondary N) is 4. The van der Waals surface area contributed by atoms with Crippen LogP contribution in [0, 0.1) is 0 Å². The van der Waals surface area contributed by atoms with Gasteiger partial charge in [0.15, 0.2) is 0 Å². The number of rotatable bonds is 3. The summed E-state index contributed by atoms with van der Waals surface area (Å²) in [5.41, 5.74) is -2.30. The highest BCUT2D eigenvalue weighted by Gasteiger charge is 1.96. The molecule has 2 aromatic rings. The fourth-order valence-electron chi connectivity index (χ4n) is 1.22.